The summed E-state index contributed by atoms with van der Waals surface area (Å²) >= 11 is 6.90. The minimum absolute atomic E-state index is 0.0141. The molecule has 0 radical (unpaired) electrons. The lowest BCUT2D eigenvalue weighted by Crippen LogP contribution is -2.26. The molecule has 1 amide bonds. The van der Waals surface area contributed by atoms with Crippen molar-refractivity contribution in [1.29, 1.82) is 0 Å². The summed E-state index contributed by atoms with van der Waals surface area (Å²) in [6.07, 6.45) is 2.05. The van der Waals surface area contributed by atoms with Crippen LogP contribution in [0.15, 0.2) is 11.1 Å². The van der Waals surface area contributed by atoms with Gasteiger partial charge in [0.25, 0.3) is 0 Å². The van der Waals surface area contributed by atoms with Crippen LogP contribution in [-0.4, -0.2) is 42.1 Å². The van der Waals surface area contributed by atoms with Crippen molar-refractivity contribution in [1.82, 2.24) is 4.90 Å². The number of nitrogens with zero attached hydrogens (tertiary/aromatic N) is 1. The standard InChI is InChI=1S/C9H12ClNO3S/c1-14-9(13)5-8-11(4-2-3-10)7(12)6-15-8/h5H,2-4,6H2,1H3/b8-5+. The average molecular weight is 250 g/mol. The molecule has 0 spiro atoms. The lowest BCUT2D eigenvalue weighted by Gasteiger charge is -2.15. The summed E-state index contributed by atoms with van der Waals surface area (Å²) in [4.78, 5) is 24.0. The summed E-state index contributed by atoms with van der Waals surface area (Å²) in [6.45, 7) is 0.554. The van der Waals surface area contributed by atoms with Crippen molar-refractivity contribution in [3.63, 3.8) is 0 Å². The monoisotopic (exact) mass is 249 g/mol. The molecule has 1 heterocycles. The Morgan fingerprint density at radius 1 is 1.73 bits per heavy atom. The normalized spacial score (nSPS) is 18.7. The Morgan fingerprint density at radius 2 is 2.47 bits per heavy atom. The van der Waals surface area contributed by atoms with Crippen LogP contribution < -0.4 is 0 Å². The molecule has 0 bridgehead atoms. The number of rotatable bonds is 4. The largest absolute Gasteiger partial charge is 0.466 e. The van der Waals surface area contributed by atoms with Crippen molar-refractivity contribution in [2.45, 2.75) is 6.42 Å². The summed E-state index contributed by atoms with van der Waals surface area (Å²) in [5.74, 6) is 0.453. The molecule has 6 heteroatoms. The fraction of sp³-hybridized carbons (Fsp3) is 0.556. The van der Waals surface area contributed by atoms with Crippen molar-refractivity contribution >= 4 is 35.2 Å². The first-order valence-electron chi connectivity index (χ1n) is 4.48. The highest BCUT2D eigenvalue weighted by Crippen LogP contribution is 2.28. The number of esters is 1. The van der Waals surface area contributed by atoms with Gasteiger partial charge < -0.3 is 9.64 Å². The van der Waals surface area contributed by atoms with Crippen molar-refractivity contribution in [2.75, 3.05) is 25.3 Å². The van der Waals surface area contributed by atoms with E-state index in [9.17, 15) is 9.59 Å². The quantitative estimate of drug-likeness (QED) is 0.427. The van der Waals surface area contributed by atoms with Gasteiger partial charge in [0.2, 0.25) is 5.91 Å². The molecule has 0 atom stereocenters. The number of ether oxygens (including phenoxy) is 1. The molecule has 0 aliphatic carbocycles. The van der Waals surface area contributed by atoms with E-state index < -0.39 is 5.97 Å². The second-order valence-electron chi connectivity index (χ2n) is 2.88. The third kappa shape index (κ3) is 3.43. The van der Waals surface area contributed by atoms with Gasteiger partial charge in [0.15, 0.2) is 0 Å². The van der Waals surface area contributed by atoms with Crippen LogP contribution in [0.3, 0.4) is 0 Å². The van der Waals surface area contributed by atoms with Crippen molar-refractivity contribution < 1.29 is 14.3 Å². The average Bonchev–Trinajstić information content (AvgIpc) is 2.57. The van der Waals surface area contributed by atoms with E-state index in [-0.39, 0.29) is 5.91 Å². The SMILES string of the molecule is COC(=O)/C=C1/SCC(=O)N1CCCCl. The second kappa shape index (κ2) is 6.02. The van der Waals surface area contributed by atoms with Gasteiger partial charge in [0.1, 0.15) is 0 Å². The van der Waals surface area contributed by atoms with Gasteiger partial charge in [-0.3, -0.25) is 4.79 Å². The molecule has 4 nitrogen and oxygen atoms in total. The molecule has 15 heavy (non-hydrogen) atoms. The molecule has 0 aromatic rings. The van der Waals surface area contributed by atoms with Crippen molar-refractivity contribution in [2.24, 2.45) is 0 Å². The molecule has 1 aliphatic heterocycles. The van der Waals surface area contributed by atoms with Gasteiger partial charge in [-0.1, -0.05) is 11.8 Å². The van der Waals surface area contributed by atoms with E-state index in [0.717, 1.165) is 0 Å². The van der Waals surface area contributed by atoms with Crippen LogP contribution in [0.1, 0.15) is 6.42 Å². The highest BCUT2D eigenvalue weighted by molar-refractivity contribution is 8.04. The number of methoxy groups -OCH3 is 1. The molecule has 1 aliphatic rings. The maximum Gasteiger partial charge on any atom is 0.333 e. The van der Waals surface area contributed by atoms with Crippen molar-refractivity contribution in [3.05, 3.63) is 11.1 Å². The third-order valence-electron chi connectivity index (χ3n) is 1.87. The third-order valence-corrected chi connectivity index (χ3v) is 3.16. The molecule has 1 saturated heterocycles. The molecule has 84 valence electrons. The topological polar surface area (TPSA) is 46.6 Å². The number of amides is 1. The fourth-order valence-corrected chi connectivity index (χ4v) is 2.22. The minimum Gasteiger partial charge on any atom is -0.466 e. The highest BCUT2D eigenvalue weighted by atomic mass is 35.5. The number of hydrogen-bond donors (Lipinski definition) is 0. The molecular formula is C9H12ClNO3S. The van der Waals surface area contributed by atoms with Crippen LogP contribution in [-0.2, 0) is 14.3 Å². The predicted molar refractivity (Wildman–Crippen MR) is 59.6 cm³/mol. The van der Waals surface area contributed by atoms with E-state index in [4.69, 9.17) is 11.6 Å². The Balaban J connectivity index is 2.67. The molecule has 0 N–H and O–H groups in total. The van der Waals surface area contributed by atoms with Gasteiger partial charge in [-0.05, 0) is 6.42 Å². The smallest absolute Gasteiger partial charge is 0.333 e. The van der Waals surface area contributed by atoms with Gasteiger partial charge >= 0.3 is 5.97 Å². The van der Waals surface area contributed by atoms with E-state index in [1.165, 1.54) is 24.9 Å². The minimum atomic E-state index is -0.442. The summed E-state index contributed by atoms with van der Waals surface area (Å²) in [7, 11) is 1.31. The Kier molecular flexibility index (Phi) is 4.98. The fourth-order valence-electron chi connectivity index (χ4n) is 1.15. The van der Waals surface area contributed by atoms with Gasteiger partial charge in [-0.2, -0.15) is 0 Å². The predicted octanol–water partition coefficient (Wildman–Crippen LogP) is 1.21. The van der Waals surface area contributed by atoms with E-state index in [1.54, 1.807) is 4.90 Å². The van der Waals surface area contributed by atoms with E-state index >= 15 is 0 Å². The zero-order valence-corrected chi connectivity index (χ0v) is 9.94. The summed E-state index contributed by atoms with van der Waals surface area (Å²) in [5.41, 5.74) is 0. The first kappa shape index (κ1) is 12.4. The Hall–Kier alpha value is -0.680. The van der Waals surface area contributed by atoms with E-state index in [0.29, 0.717) is 29.6 Å². The number of carbonyl (C=O) groups excluding carboxylic acids is 2. The molecule has 1 rings (SSSR count). The van der Waals surface area contributed by atoms with Gasteiger partial charge in [-0.25, -0.2) is 4.79 Å². The van der Waals surface area contributed by atoms with Gasteiger partial charge in [0, 0.05) is 12.4 Å². The second-order valence-corrected chi connectivity index (χ2v) is 4.26. The van der Waals surface area contributed by atoms with Crippen molar-refractivity contribution in [3.8, 4) is 0 Å². The van der Waals surface area contributed by atoms with E-state index in [2.05, 4.69) is 4.74 Å². The van der Waals surface area contributed by atoms with Gasteiger partial charge in [0.05, 0.1) is 24.0 Å². The van der Waals surface area contributed by atoms with Crippen LogP contribution in [0.25, 0.3) is 0 Å². The Morgan fingerprint density at radius 3 is 3.07 bits per heavy atom. The number of thioether (sulfide) groups is 1. The summed E-state index contributed by atoms with van der Waals surface area (Å²) in [5, 5.41) is 0.650. The molecule has 0 saturated carbocycles. The van der Waals surface area contributed by atoms with Crippen LogP contribution in [0.5, 0.6) is 0 Å². The van der Waals surface area contributed by atoms with Crippen LogP contribution >= 0.6 is 23.4 Å². The summed E-state index contributed by atoms with van der Waals surface area (Å²) in [6, 6.07) is 0. The van der Waals surface area contributed by atoms with E-state index in [1.807, 2.05) is 0 Å². The zero-order valence-electron chi connectivity index (χ0n) is 8.36. The first-order valence-corrected chi connectivity index (χ1v) is 6.00. The molecule has 0 aromatic carbocycles. The van der Waals surface area contributed by atoms with Crippen LogP contribution in [0.4, 0.5) is 0 Å². The maximum atomic E-state index is 11.4. The zero-order chi connectivity index (χ0) is 11.3. The summed E-state index contributed by atoms with van der Waals surface area (Å²) < 4.78 is 4.51. The number of alkyl halides is 1. The maximum absolute atomic E-state index is 11.4. The number of hydrogen-bond acceptors (Lipinski definition) is 4. The number of carbonyl (C=O) groups is 2. The highest BCUT2D eigenvalue weighted by Gasteiger charge is 2.26. The van der Waals surface area contributed by atoms with Crippen LogP contribution in [0.2, 0.25) is 0 Å². The van der Waals surface area contributed by atoms with Gasteiger partial charge in [-0.15, -0.1) is 11.6 Å². The molecule has 1 fully saturated rings. The van der Waals surface area contributed by atoms with Crippen LogP contribution in [0, 0.1) is 0 Å². The first-order chi connectivity index (χ1) is 7.19. The Labute approximate surface area is 97.6 Å². The molecule has 0 aromatic heterocycles. The lowest BCUT2D eigenvalue weighted by molar-refractivity contribution is -0.134. The molecular weight excluding hydrogens is 238 g/mol. The lowest BCUT2D eigenvalue weighted by atomic mass is 10.4. The molecule has 0 unspecified atom stereocenters. The number of halogens is 1. The Bertz CT molecular complexity index is 293.